The molecule has 11 nitrogen and oxygen atoms in total. The minimum atomic E-state index is -1.48. The van der Waals surface area contributed by atoms with Crippen LogP contribution in [0.15, 0.2) is 104 Å². The topological polar surface area (TPSA) is 135 Å². The normalized spacial score (nSPS) is 25.0. The number of aliphatic hydroxyl groups excluding tert-OH is 1. The van der Waals surface area contributed by atoms with E-state index in [2.05, 4.69) is 34.4 Å². The Kier molecular flexibility index (Phi) is 13.7. The number of esters is 1. The molecule has 1 unspecified atom stereocenters. The molecule has 3 aliphatic rings. The van der Waals surface area contributed by atoms with Gasteiger partial charge in [-0.15, -0.1) is 13.2 Å². The molecule has 0 aromatic heterocycles. The van der Waals surface area contributed by atoms with Crippen LogP contribution in [0.2, 0.25) is 5.02 Å². The van der Waals surface area contributed by atoms with Crippen LogP contribution < -0.4 is 10.2 Å². The molecule has 0 saturated carbocycles. The van der Waals surface area contributed by atoms with Crippen molar-refractivity contribution in [1.29, 1.82) is 0 Å². The van der Waals surface area contributed by atoms with Gasteiger partial charge in [0.15, 0.2) is 0 Å². The van der Waals surface area contributed by atoms with Gasteiger partial charge in [0.25, 0.3) is 5.91 Å². The maximum absolute atomic E-state index is 15.4. The van der Waals surface area contributed by atoms with Crippen molar-refractivity contribution in [2.75, 3.05) is 31.8 Å². The number of rotatable bonds is 18. The number of carbonyl (C=O) groups is 4. The standard InChI is InChI=1S/C44H49BrClN3O8/c1-5-7-21-34(51)47-33(26-55-4)38(29-18-12-9-13-19-29)56-43(54)35-36-41(52)49(30(25-50)23-28-16-10-8-11-17-28)40(44(36)24-31(45)39(35)57-44)42(53)48(22-6-2)37-27(3)15-14-20-32(37)46/h5-6,8-20,30-31,33,35-36,38-40,50H,1-2,7,21-26H2,3-4H3,(H,47,51)/t30-,31?,33+,35-,36+,38+,39-,40-,44+/m1/s1. The van der Waals surface area contributed by atoms with Crippen LogP contribution in [0, 0.1) is 18.8 Å². The van der Waals surface area contributed by atoms with Gasteiger partial charge in [0.1, 0.15) is 17.7 Å². The first-order valence-electron chi connectivity index (χ1n) is 19.1. The van der Waals surface area contributed by atoms with Crippen LogP contribution >= 0.6 is 27.5 Å². The van der Waals surface area contributed by atoms with Crippen LogP contribution in [0.4, 0.5) is 5.69 Å². The van der Waals surface area contributed by atoms with E-state index in [1.54, 1.807) is 48.6 Å². The van der Waals surface area contributed by atoms with Crippen LogP contribution in [-0.4, -0.2) is 95.2 Å². The number of methoxy groups -OCH3 is 1. The molecule has 1 spiro atoms. The molecule has 13 heteroatoms. The van der Waals surface area contributed by atoms with Gasteiger partial charge < -0.3 is 34.4 Å². The van der Waals surface area contributed by atoms with Gasteiger partial charge in [-0.3, -0.25) is 19.2 Å². The van der Waals surface area contributed by atoms with Gasteiger partial charge in [0.05, 0.1) is 53.9 Å². The number of hydrogen-bond acceptors (Lipinski definition) is 8. The summed E-state index contributed by atoms with van der Waals surface area (Å²) in [5.74, 6) is -4.25. The lowest BCUT2D eigenvalue weighted by molar-refractivity contribution is -0.163. The van der Waals surface area contributed by atoms with Crippen LogP contribution in [0.1, 0.15) is 42.1 Å². The van der Waals surface area contributed by atoms with E-state index in [1.807, 2.05) is 49.4 Å². The smallest absolute Gasteiger partial charge is 0.313 e. The summed E-state index contributed by atoms with van der Waals surface area (Å²) in [6, 6.07) is 20.8. The molecule has 57 heavy (non-hydrogen) atoms. The summed E-state index contributed by atoms with van der Waals surface area (Å²) in [7, 11) is 1.49. The van der Waals surface area contributed by atoms with Gasteiger partial charge in [0, 0.05) is 24.9 Å². The number of hydrogen-bond donors (Lipinski definition) is 2. The molecule has 3 aromatic rings. The highest BCUT2D eigenvalue weighted by Crippen LogP contribution is 2.61. The fourth-order valence-corrected chi connectivity index (χ4v) is 10.1. The lowest BCUT2D eigenvalue weighted by Crippen LogP contribution is -2.59. The molecule has 3 aliphatic heterocycles. The van der Waals surface area contributed by atoms with Crippen molar-refractivity contribution >= 4 is 56.9 Å². The van der Waals surface area contributed by atoms with Crippen molar-refractivity contribution in [2.24, 2.45) is 11.8 Å². The Hall–Kier alpha value is -4.33. The fraction of sp³-hybridized carbons (Fsp3) is 0.409. The second-order valence-electron chi connectivity index (χ2n) is 14.8. The second-order valence-corrected chi connectivity index (χ2v) is 16.4. The molecule has 9 atom stereocenters. The van der Waals surface area contributed by atoms with Gasteiger partial charge in [-0.05, 0) is 48.9 Å². The number of allylic oxidation sites excluding steroid dienone is 1. The molecule has 0 aliphatic carbocycles. The average molecular weight is 863 g/mol. The Labute approximate surface area is 347 Å². The maximum Gasteiger partial charge on any atom is 0.313 e. The number of anilines is 1. The summed E-state index contributed by atoms with van der Waals surface area (Å²) >= 11 is 10.5. The molecular formula is C44H49BrClN3O8. The molecule has 3 amide bonds. The summed E-state index contributed by atoms with van der Waals surface area (Å²) < 4.78 is 18.7. The zero-order chi connectivity index (χ0) is 40.9. The van der Waals surface area contributed by atoms with Gasteiger partial charge >= 0.3 is 5.97 Å². The Morgan fingerprint density at radius 1 is 1.09 bits per heavy atom. The second kappa shape index (κ2) is 18.5. The van der Waals surface area contributed by atoms with Gasteiger partial charge in [-0.1, -0.05) is 112 Å². The van der Waals surface area contributed by atoms with Crippen LogP contribution in [0.25, 0.3) is 0 Å². The first kappa shape index (κ1) is 42.3. The number of nitrogens with zero attached hydrogens (tertiary/aromatic N) is 2. The molecule has 3 fully saturated rings. The van der Waals surface area contributed by atoms with Crippen LogP contribution in [0.3, 0.4) is 0 Å². The Morgan fingerprint density at radius 3 is 2.42 bits per heavy atom. The summed E-state index contributed by atoms with van der Waals surface area (Å²) in [6.45, 7) is 9.08. The number of likely N-dealkylation sites (tertiary alicyclic amines) is 1. The Balaban J connectivity index is 1.43. The molecule has 302 valence electrons. The van der Waals surface area contributed by atoms with E-state index in [4.69, 9.17) is 25.8 Å². The number of fused-ring (bicyclic) bond motifs is 1. The molecule has 2 N–H and O–H groups in total. The maximum atomic E-state index is 15.4. The average Bonchev–Trinajstić information content (AvgIpc) is 3.81. The zero-order valence-electron chi connectivity index (χ0n) is 32.1. The number of amides is 3. The van der Waals surface area contributed by atoms with Crippen LogP contribution in [0.5, 0.6) is 0 Å². The largest absolute Gasteiger partial charge is 0.455 e. The molecule has 2 bridgehead atoms. The molecule has 3 heterocycles. The molecule has 0 radical (unpaired) electrons. The highest BCUT2D eigenvalue weighted by Gasteiger charge is 2.77. The van der Waals surface area contributed by atoms with E-state index in [1.165, 1.54) is 16.9 Å². The van der Waals surface area contributed by atoms with Crippen molar-refractivity contribution in [3.05, 3.63) is 126 Å². The highest BCUT2D eigenvalue weighted by molar-refractivity contribution is 9.09. The number of aliphatic hydroxyl groups is 1. The molecule has 6 rings (SSSR count). The summed E-state index contributed by atoms with van der Waals surface area (Å²) in [5, 5.41) is 14.3. The van der Waals surface area contributed by atoms with Crippen molar-refractivity contribution in [1.82, 2.24) is 10.2 Å². The van der Waals surface area contributed by atoms with E-state index in [-0.39, 0.29) is 38.3 Å². The minimum absolute atomic E-state index is 0.0211. The summed E-state index contributed by atoms with van der Waals surface area (Å²) in [4.78, 5) is 60.9. The lowest BCUT2D eigenvalue weighted by atomic mass is 9.70. The third-order valence-electron chi connectivity index (χ3n) is 11.2. The van der Waals surface area contributed by atoms with E-state index >= 15 is 9.59 Å². The summed E-state index contributed by atoms with van der Waals surface area (Å²) in [5.41, 5.74) is 1.17. The van der Waals surface area contributed by atoms with E-state index in [9.17, 15) is 14.7 Å². The third-order valence-corrected chi connectivity index (χ3v) is 12.3. The number of alkyl halides is 1. The van der Waals surface area contributed by atoms with Gasteiger partial charge in [0.2, 0.25) is 11.8 Å². The Bertz CT molecular complexity index is 1930. The molecule has 3 saturated heterocycles. The SMILES string of the molecule is C=CCCC(=O)N[C@@H](COC)[C@@H](OC(=O)[C@H]1[C@@H]2O[C@@]3(CC2Br)[C@@H]1C(=O)N([C@@H](CO)Cc1ccccc1)[C@@H]3C(=O)N(CC=C)c1c(C)cccc1Cl)c1ccccc1. The van der Waals surface area contributed by atoms with E-state index in [0.29, 0.717) is 22.7 Å². The van der Waals surface area contributed by atoms with E-state index < -0.39 is 77.0 Å². The van der Waals surface area contributed by atoms with Crippen molar-refractivity contribution in [2.45, 2.75) is 73.4 Å². The predicted octanol–water partition coefficient (Wildman–Crippen LogP) is 5.90. The third kappa shape index (κ3) is 8.33. The highest BCUT2D eigenvalue weighted by atomic mass is 79.9. The minimum Gasteiger partial charge on any atom is -0.455 e. The first-order chi connectivity index (χ1) is 27.5. The number of ether oxygens (including phenoxy) is 3. The predicted molar refractivity (Wildman–Crippen MR) is 221 cm³/mol. The quantitative estimate of drug-likeness (QED) is 0.0918. The number of para-hydroxylation sites is 1. The summed E-state index contributed by atoms with van der Waals surface area (Å²) in [6.07, 6.45) is 2.49. The van der Waals surface area contributed by atoms with E-state index in [0.717, 1.165) is 11.1 Å². The van der Waals surface area contributed by atoms with Crippen molar-refractivity contribution < 1.29 is 38.5 Å². The van der Waals surface area contributed by atoms with Gasteiger partial charge in [-0.25, -0.2) is 0 Å². The first-order valence-corrected chi connectivity index (χ1v) is 20.4. The number of aryl methyl sites for hydroxylation is 1. The number of halogens is 2. The fourth-order valence-electron chi connectivity index (χ4n) is 8.80. The lowest BCUT2D eigenvalue weighted by Gasteiger charge is -2.40. The number of benzene rings is 3. The molecular weight excluding hydrogens is 814 g/mol. The monoisotopic (exact) mass is 861 g/mol. The van der Waals surface area contributed by atoms with Crippen molar-refractivity contribution in [3.8, 4) is 0 Å². The number of nitrogens with one attached hydrogen (secondary N) is 1. The van der Waals surface area contributed by atoms with Gasteiger partial charge in [-0.2, -0.15) is 0 Å². The van der Waals surface area contributed by atoms with Crippen molar-refractivity contribution in [3.63, 3.8) is 0 Å². The Morgan fingerprint density at radius 2 is 1.79 bits per heavy atom. The number of carbonyl (C=O) groups excluding carboxylic acids is 4. The van der Waals surface area contributed by atoms with Crippen LogP contribution in [-0.2, 0) is 39.8 Å². The zero-order valence-corrected chi connectivity index (χ0v) is 34.4. The molecule has 3 aromatic carbocycles.